The Bertz CT molecular complexity index is 755. The van der Waals surface area contributed by atoms with Gasteiger partial charge in [-0.1, -0.05) is 0 Å². The van der Waals surface area contributed by atoms with Crippen LogP contribution < -0.4 is 0 Å². The first-order valence-corrected chi connectivity index (χ1v) is 8.14. The summed E-state index contributed by atoms with van der Waals surface area (Å²) >= 11 is 1.55. The van der Waals surface area contributed by atoms with Crippen LogP contribution >= 0.6 is 11.3 Å². The van der Waals surface area contributed by atoms with Crippen molar-refractivity contribution in [2.75, 3.05) is 7.11 Å². The molecule has 0 amide bonds. The molecule has 0 saturated carbocycles. The summed E-state index contributed by atoms with van der Waals surface area (Å²) in [7, 11) is 1.25. The Morgan fingerprint density at radius 1 is 1.17 bits per heavy atom. The topological polar surface area (TPSA) is 82.8 Å². The fourth-order valence-electron chi connectivity index (χ4n) is 2.22. The summed E-state index contributed by atoms with van der Waals surface area (Å²) in [5, 5.41) is 0. The standard InChI is InChI=1S/C17H18O6S/c1-10-8-13(11(2)24-10)14(18)4-5-16(19)23-9-15-12(6-7-22-15)17(20)21-3/h6-8H,4-5,9H2,1-3H3. The number of ketones is 1. The molecule has 0 saturated heterocycles. The molecule has 0 spiro atoms. The zero-order valence-corrected chi connectivity index (χ0v) is 14.5. The van der Waals surface area contributed by atoms with Crippen LogP contribution in [0.2, 0.25) is 0 Å². The molecule has 0 bridgehead atoms. The molecule has 24 heavy (non-hydrogen) atoms. The summed E-state index contributed by atoms with van der Waals surface area (Å²) in [6.45, 7) is 3.64. The van der Waals surface area contributed by atoms with E-state index in [2.05, 4.69) is 4.74 Å². The number of aryl methyl sites for hydroxylation is 2. The summed E-state index contributed by atoms with van der Waals surface area (Å²) < 4.78 is 14.8. The van der Waals surface area contributed by atoms with Crippen LogP contribution in [0.25, 0.3) is 0 Å². The van der Waals surface area contributed by atoms with E-state index in [9.17, 15) is 14.4 Å². The first-order valence-electron chi connectivity index (χ1n) is 7.33. The van der Waals surface area contributed by atoms with Gasteiger partial charge in [0.15, 0.2) is 11.5 Å². The van der Waals surface area contributed by atoms with Crippen molar-refractivity contribution in [1.82, 2.24) is 0 Å². The molecular weight excluding hydrogens is 332 g/mol. The van der Waals surface area contributed by atoms with Crippen LogP contribution in [0.5, 0.6) is 0 Å². The molecule has 0 unspecified atom stereocenters. The van der Waals surface area contributed by atoms with Gasteiger partial charge in [0.2, 0.25) is 0 Å². The van der Waals surface area contributed by atoms with Crippen molar-refractivity contribution in [1.29, 1.82) is 0 Å². The lowest BCUT2D eigenvalue weighted by atomic mass is 10.1. The highest BCUT2D eigenvalue weighted by Gasteiger charge is 2.18. The van der Waals surface area contributed by atoms with Gasteiger partial charge in [0, 0.05) is 21.7 Å². The summed E-state index contributed by atoms with van der Waals surface area (Å²) in [6, 6.07) is 3.28. The maximum atomic E-state index is 12.1. The van der Waals surface area contributed by atoms with E-state index in [0.29, 0.717) is 5.56 Å². The minimum atomic E-state index is -0.562. The maximum absolute atomic E-state index is 12.1. The second-order valence-corrected chi connectivity index (χ2v) is 6.62. The summed E-state index contributed by atoms with van der Waals surface area (Å²) in [4.78, 5) is 37.4. The number of methoxy groups -OCH3 is 1. The Morgan fingerprint density at radius 2 is 1.92 bits per heavy atom. The molecule has 0 aliphatic carbocycles. The van der Waals surface area contributed by atoms with Crippen LogP contribution in [0.15, 0.2) is 22.8 Å². The smallest absolute Gasteiger partial charge is 0.341 e. The number of Topliss-reactive ketones (excluding diaryl/α,β-unsaturated/α-hetero) is 1. The second kappa shape index (κ2) is 7.92. The van der Waals surface area contributed by atoms with Crippen LogP contribution in [0, 0.1) is 13.8 Å². The van der Waals surface area contributed by atoms with Crippen molar-refractivity contribution in [2.45, 2.75) is 33.3 Å². The normalized spacial score (nSPS) is 10.5. The number of esters is 2. The van der Waals surface area contributed by atoms with E-state index in [4.69, 9.17) is 9.15 Å². The molecule has 2 aromatic heterocycles. The SMILES string of the molecule is COC(=O)c1ccoc1COC(=O)CCC(=O)c1cc(C)sc1C. The third-order valence-corrected chi connectivity index (χ3v) is 4.38. The lowest BCUT2D eigenvalue weighted by Crippen LogP contribution is -2.10. The molecular formula is C17H18O6S. The van der Waals surface area contributed by atoms with Gasteiger partial charge in [-0.3, -0.25) is 9.59 Å². The van der Waals surface area contributed by atoms with E-state index < -0.39 is 11.9 Å². The van der Waals surface area contributed by atoms with Gasteiger partial charge in [-0.2, -0.15) is 0 Å². The van der Waals surface area contributed by atoms with Crippen LogP contribution in [0.4, 0.5) is 0 Å². The monoisotopic (exact) mass is 350 g/mol. The molecule has 6 nitrogen and oxygen atoms in total. The van der Waals surface area contributed by atoms with Crippen LogP contribution in [0.3, 0.4) is 0 Å². The van der Waals surface area contributed by atoms with Crippen molar-refractivity contribution in [3.8, 4) is 0 Å². The highest BCUT2D eigenvalue weighted by Crippen LogP contribution is 2.22. The Kier molecular flexibility index (Phi) is 5.92. The fourth-order valence-corrected chi connectivity index (χ4v) is 3.16. The van der Waals surface area contributed by atoms with Crippen molar-refractivity contribution in [3.63, 3.8) is 0 Å². The zero-order chi connectivity index (χ0) is 17.7. The van der Waals surface area contributed by atoms with Gasteiger partial charge in [-0.05, 0) is 26.0 Å². The molecule has 2 rings (SSSR count). The van der Waals surface area contributed by atoms with E-state index in [1.165, 1.54) is 19.4 Å². The number of hydrogen-bond donors (Lipinski definition) is 0. The van der Waals surface area contributed by atoms with Gasteiger partial charge < -0.3 is 13.9 Å². The van der Waals surface area contributed by atoms with E-state index in [-0.39, 0.29) is 36.6 Å². The highest BCUT2D eigenvalue weighted by atomic mass is 32.1. The van der Waals surface area contributed by atoms with Gasteiger partial charge in [0.25, 0.3) is 0 Å². The van der Waals surface area contributed by atoms with Crippen LogP contribution in [0.1, 0.15) is 49.1 Å². The molecule has 0 aromatic carbocycles. The number of carbonyl (C=O) groups is 3. The largest absolute Gasteiger partial charge is 0.465 e. The number of carbonyl (C=O) groups excluding carboxylic acids is 3. The van der Waals surface area contributed by atoms with Crippen molar-refractivity contribution < 1.29 is 28.3 Å². The average Bonchev–Trinajstić information content (AvgIpc) is 3.15. The van der Waals surface area contributed by atoms with Gasteiger partial charge in [-0.25, -0.2) is 4.79 Å². The van der Waals surface area contributed by atoms with Crippen LogP contribution in [-0.4, -0.2) is 24.8 Å². The number of hydrogen-bond acceptors (Lipinski definition) is 7. The third-order valence-electron chi connectivity index (χ3n) is 3.41. The Hall–Kier alpha value is -2.41. The fraction of sp³-hybridized carbons (Fsp3) is 0.353. The Labute approximate surface area is 143 Å². The van der Waals surface area contributed by atoms with Crippen molar-refractivity contribution in [3.05, 3.63) is 45.0 Å². The third kappa shape index (κ3) is 4.32. The lowest BCUT2D eigenvalue weighted by Gasteiger charge is -2.04. The Balaban J connectivity index is 1.84. The lowest BCUT2D eigenvalue weighted by molar-refractivity contribution is -0.145. The molecule has 0 N–H and O–H groups in total. The summed E-state index contributed by atoms with van der Waals surface area (Å²) in [5.74, 6) is -0.957. The first-order chi connectivity index (χ1) is 11.4. The average molecular weight is 350 g/mol. The number of thiophene rings is 1. The summed E-state index contributed by atoms with van der Waals surface area (Å²) in [6.07, 6.45) is 1.37. The predicted molar refractivity (Wildman–Crippen MR) is 87.2 cm³/mol. The van der Waals surface area contributed by atoms with Crippen LogP contribution in [-0.2, 0) is 20.9 Å². The summed E-state index contributed by atoms with van der Waals surface area (Å²) in [5.41, 5.74) is 0.870. The maximum Gasteiger partial charge on any atom is 0.341 e. The molecule has 0 aliphatic heterocycles. The number of furan rings is 1. The molecule has 0 fully saturated rings. The van der Waals surface area contributed by atoms with Crippen molar-refractivity contribution in [2.24, 2.45) is 0 Å². The van der Waals surface area contributed by atoms with Gasteiger partial charge in [-0.15, -0.1) is 11.3 Å². The molecule has 0 atom stereocenters. The first kappa shape index (κ1) is 17.9. The second-order valence-electron chi connectivity index (χ2n) is 5.16. The van der Waals surface area contributed by atoms with Gasteiger partial charge in [0.05, 0.1) is 19.8 Å². The van der Waals surface area contributed by atoms with E-state index in [0.717, 1.165) is 9.75 Å². The number of rotatable bonds is 7. The molecule has 2 heterocycles. The predicted octanol–water partition coefficient (Wildman–Crippen LogP) is 3.45. The quantitative estimate of drug-likeness (QED) is 0.562. The van der Waals surface area contributed by atoms with E-state index >= 15 is 0 Å². The van der Waals surface area contributed by atoms with Gasteiger partial charge in [0.1, 0.15) is 12.2 Å². The Morgan fingerprint density at radius 3 is 2.54 bits per heavy atom. The zero-order valence-electron chi connectivity index (χ0n) is 13.7. The molecule has 7 heteroatoms. The minimum absolute atomic E-state index is 0.0264. The molecule has 0 aliphatic rings. The number of ether oxygens (including phenoxy) is 2. The van der Waals surface area contributed by atoms with E-state index in [1.807, 2.05) is 19.9 Å². The molecule has 128 valence electrons. The van der Waals surface area contributed by atoms with E-state index in [1.54, 1.807) is 11.3 Å². The minimum Gasteiger partial charge on any atom is -0.465 e. The van der Waals surface area contributed by atoms with Crippen molar-refractivity contribution >= 4 is 29.1 Å². The molecule has 0 radical (unpaired) electrons. The molecule has 2 aromatic rings. The van der Waals surface area contributed by atoms with Gasteiger partial charge >= 0.3 is 11.9 Å². The highest BCUT2D eigenvalue weighted by molar-refractivity contribution is 7.12.